The van der Waals surface area contributed by atoms with Gasteiger partial charge in [-0.05, 0) is 17.7 Å². The van der Waals surface area contributed by atoms with Gasteiger partial charge in [0.05, 0.1) is 17.6 Å². The van der Waals surface area contributed by atoms with Gasteiger partial charge in [0.1, 0.15) is 0 Å². The topological polar surface area (TPSA) is 82.0 Å². The maximum Gasteiger partial charge on any atom is 0.328 e. The molecule has 0 radical (unpaired) electrons. The monoisotopic (exact) mass is 248 g/mol. The average Bonchev–Trinajstić information content (AvgIpc) is 2.61. The average molecular weight is 248 g/mol. The molecule has 0 aliphatic heterocycles. The van der Waals surface area contributed by atoms with Crippen LogP contribution in [-0.4, -0.2) is 21.6 Å². The lowest BCUT2D eigenvalue weighted by atomic mass is 10.2. The smallest absolute Gasteiger partial charge is 0.328 e. The first-order chi connectivity index (χ1) is 8.54. The van der Waals surface area contributed by atoms with E-state index in [9.17, 15) is 9.59 Å². The lowest BCUT2D eigenvalue weighted by molar-refractivity contribution is -0.119. The molecule has 6 heteroatoms. The van der Waals surface area contributed by atoms with E-state index in [-0.39, 0.29) is 18.1 Å². The number of carbonyl (C=O) groups excluding carboxylic acids is 1. The summed E-state index contributed by atoms with van der Waals surface area (Å²) < 4.78 is 3.18. The quantitative estimate of drug-likeness (QED) is 0.764. The third kappa shape index (κ3) is 2.02. The van der Waals surface area contributed by atoms with Gasteiger partial charge >= 0.3 is 5.69 Å². The summed E-state index contributed by atoms with van der Waals surface area (Å²) in [7, 11) is 3.47. The first-order valence-corrected chi connectivity index (χ1v) is 5.65. The Labute approximate surface area is 104 Å². The molecule has 0 spiro atoms. The number of amides is 1. The molecule has 2 aromatic rings. The highest BCUT2D eigenvalue weighted by atomic mass is 16.2. The first kappa shape index (κ1) is 12.4. The number of nitrogens with two attached hydrogens (primary N) is 1. The fourth-order valence-electron chi connectivity index (χ4n) is 1.94. The van der Waals surface area contributed by atoms with E-state index < -0.39 is 0 Å². The molecule has 0 aliphatic carbocycles. The van der Waals surface area contributed by atoms with Gasteiger partial charge in [0.15, 0.2) is 0 Å². The summed E-state index contributed by atoms with van der Waals surface area (Å²) in [5.74, 6) is -0.197. The highest BCUT2D eigenvalue weighted by Crippen LogP contribution is 2.13. The second-order valence-electron chi connectivity index (χ2n) is 4.20. The molecule has 0 aliphatic rings. The molecule has 1 aromatic heterocycles. The number of hydrogen-bond acceptors (Lipinski definition) is 3. The second-order valence-corrected chi connectivity index (χ2v) is 4.20. The van der Waals surface area contributed by atoms with Crippen molar-refractivity contribution in [1.82, 2.24) is 14.5 Å². The second kappa shape index (κ2) is 4.66. The Balaban J connectivity index is 2.36. The molecule has 2 rings (SSSR count). The number of carbonyl (C=O) groups is 1. The minimum absolute atomic E-state index is 0.0218. The summed E-state index contributed by atoms with van der Waals surface area (Å²) in [6.07, 6.45) is 0. The van der Waals surface area contributed by atoms with Crippen molar-refractivity contribution >= 4 is 16.9 Å². The number of aryl methyl sites for hydroxylation is 2. The van der Waals surface area contributed by atoms with E-state index in [2.05, 4.69) is 5.32 Å². The molecule has 0 unspecified atom stereocenters. The molecule has 3 N–H and O–H groups in total. The first-order valence-electron chi connectivity index (χ1n) is 5.65. The standard InChI is InChI=1S/C12H16N4O2/c1-15-9-4-3-8(7-14-11(17)6-13)5-10(9)16(2)12(15)18/h3-5H,6-7,13H2,1-2H3,(H,14,17). The number of benzene rings is 1. The third-order valence-electron chi connectivity index (χ3n) is 3.01. The van der Waals surface area contributed by atoms with Gasteiger partial charge in [-0.2, -0.15) is 0 Å². The van der Waals surface area contributed by atoms with Gasteiger partial charge in [0, 0.05) is 20.6 Å². The van der Waals surface area contributed by atoms with Crippen molar-refractivity contribution in [3.05, 3.63) is 34.2 Å². The van der Waals surface area contributed by atoms with E-state index in [1.807, 2.05) is 18.2 Å². The van der Waals surface area contributed by atoms with Crippen molar-refractivity contribution in [2.24, 2.45) is 19.8 Å². The summed E-state index contributed by atoms with van der Waals surface area (Å²) in [6.45, 7) is 0.390. The Kier molecular flexibility index (Phi) is 3.20. The van der Waals surface area contributed by atoms with Gasteiger partial charge < -0.3 is 11.1 Å². The molecule has 0 saturated carbocycles. The van der Waals surface area contributed by atoms with Crippen molar-refractivity contribution in [3.8, 4) is 0 Å². The number of nitrogens with zero attached hydrogens (tertiary/aromatic N) is 2. The molecule has 96 valence electrons. The third-order valence-corrected chi connectivity index (χ3v) is 3.01. The maximum absolute atomic E-state index is 11.8. The molecule has 0 fully saturated rings. The van der Waals surface area contributed by atoms with E-state index in [1.54, 1.807) is 23.2 Å². The molecule has 0 saturated heterocycles. The van der Waals surface area contributed by atoms with Crippen LogP contribution >= 0.6 is 0 Å². The van der Waals surface area contributed by atoms with E-state index in [0.29, 0.717) is 6.54 Å². The van der Waals surface area contributed by atoms with Crippen molar-refractivity contribution in [2.45, 2.75) is 6.54 Å². The van der Waals surface area contributed by atoms with Gasteiger partial charge in [0.25, 0.3) is 0 Å². The largest absolute Gasteiger partial charge is 0.351 e. The number of rotatable bonds is 3. The van der Waals surface area contributed by atoms with Gasteiger partial charge in [-0.25, -0.2) is 4.79 Å². The normalized spacial score (nSPS) is 10.8. The number of fused-ring (bicyclic) bond motifs is 1. The fourth-order valence-corrected chi connectivity index (χ4v) is 1.94. The zero-order chi connectivity index (χ0) is 13.3. The molecule has 1 aromatic carbocycles. The summed E-state index contributed by atoms with van der Waals surface area (Å²) >= 11 is 0. The molecule has 1 heterocycles. The number of hydrogen-bond donors (Lipinski definition) is 2. The van der Waals surface area contributed by atoms with Crippen molar-refractivity contribution in [3.63, 3.8) is 0 Å². The van der Waals surface area contributed by atoms with Crippen LogP contribution in [0.3, 0.4) is 0 Å². The Morgan fingerprint density at radius 1 is 1.28 bits per heavy atom. The van der Waals surface area contributed by atoms with Crippen LogP contribution in [0.15, 0.2) is 23.0 Å². The van der Waals surface area contributed by atoms with E-state index in [1.165, 1.54) is 0 Å². The molecule has 0 bridgehead atoms. The van der Waals surface area contributed by atoms with Crippen LogP contribution in [0.2, 0.25) is 0 Å². The molecule has 18 heavy (non-hydrogen) atoms. The summed E-state index contributed by atoms with van der Waals surface area (Å²) in [5.41, 5.74) is 7.81. The lowest BCUT2D eigenvalue weighted by Gasteiger charge is -2.04. The van der Waals surface area contributed by atoms with Crippen LogP contribution in [0.5, 0.6) is 0 Å². The Morgan fingerprint density at radius 3 is 2.61 bits per heavy atom. The van der Waals surface area contributed by atoms with Gasteiger partial charge in [-0.3, -0.25) is 13.9 Å². The van der Waals surface area contributed by atoms with Crippen LogP contribution in [0.1, 0.15) is 5.56 Å². The zero-order valence-corrected chi connectivity index (χ0v) is 10.4. The Hall–Kier alpha value is -2.08. The predicted octanol–water partition coefficient (Wildman–Crippen LogP) is -0.548. The van der Waals surface area contributed by atoms with Crippen LogP contribution in [0, 0.1) is 0 Å². The molecular weight excluding hydrogens is 232 g/mol. The molecule has 6 nitrogen and oxygen atoms in total. The summed E-state index contributed by atoms with van der Waals surface area (Å²) in [5, 5.41) is 2.70. The van der Waals surface area contributed by atoms with Crippen molar-refractivity contribution in [1.29, 1.82) is 0 Å². The molecular formula is C12H16N4O2. The predicted molar refractivity (Wildman–Crippen MR) is 69.1 cm³/mol. The van der Waals surface area contributed by atoms with Gasteiger partial charge in [0.2, 0.25) is 5.91 Å². The van der Waals surface area contributed by atoms with Crippen LogP contribution < -0.4 is 16.7 Å². The maximum atomic E-state index is 11.8. The minimum atomic E-state index is -0.197. The van der Waals surface area contributed by atoms with E-state index in [0.717, 1.165) is 16.6 Å². The number of aromatic nitrogens is 2. The number of imidazole rings is 1. The lowest BCUT2D eigenvalue weighted by Crippen LogP contribution is -2.29. The highest BCUT2D eigenvalue weighted by molar-refractivity contribution is 5.79. The molecule has 1 amide bonds. The SMILES string of the molecule is Cn1c(=O)n(C)c2cc(CNC(=O)CN)ccc21. The fraction of sp³-hybridized carbons (Fsp3) is 0.333. The Morgan fingerprint density at radius 2 is 1.94 bits per heavy atom. The van der Waals surface area contributed by atoms with Crippen LogP contribution in [0.25, 0.3) is 11.0 Å². The van der Waals surface area contributed by atoms with Gasteiger partial charge in [-0.1, -0.05) is 6.07 Å². The zero-order valence-electron chi connectivity index (χ0n) is 10.4. The number of nitrogens with one attached hydrogen (secondary N) is 1. The minimum Gasteiger partial charge on any atom is -0.351 e. The molecule has 0 atom stereocenters. The van der Waals surface area contributed by atoms with Crippen LogP contribution in [-0.2, 0) is 25.4 Å². The van der Waals surface area contributed by atoms with Gasteiger partial charge in [-0.15, -0.1) is 0 Å². The van der Waals surface area contributed by atoms with Crippen molar-refractivity contribution < 1.29 is 4.79 Å². The Bertz CT molecular complexity index is 654. The van der Waals surface area contributed by atoms with Crippen molar-refractivity contribution in [2.75, 3.05) is 6.54 Å². The van der Waals surface area contributed by atoms with Crippen LogP contribution in [0.4, 0.5) is 0 Å². The van der Waals surface area contributed by atoms with E-state index in [4.69, 9.17) is 5.73 Å². The summed E-state index contributed by atoms with van der Waals surface area (Å²) in [4.78, 5) is 22.8. The summed E-state index contributed by atoms with van der Waals surface area (Å²) in [6, 6.07) is 5.66. The highest BCUT2D eigenvalue weighted by Gasteiger charge is 2.08. The van der Waals surface area contributed by atoms with E-state index >= 15 is 0 Å².